The lowest BCUT2D eigenvalue weighted by Crippen LogP contribution is -2.45. The molecule has 2 heterocycles. The van der Waals surface area contributed by atoms with Crippen LogP contribution in [0.2, 0.25) is 0 Å². The molecule has 1 aliphatic heterocycles. The number of hydrogen-bond acceptors (Lipinski definition) is 3. The number of para-hydroxylation sites is 1. The molecule has 0 saturated carbocycles. The standard InChI is InChI=1S/C22H23FN2O/c1-16-14-20(18-8-5-9-19(23)21(18)24-16)25-12-10-22(15-26,11-13-25)17-6-3-2-4-7-17/h2-9,14,26H,10-13,15H2,1H3. The van der Waals surface area contributed by atoms with E-state index in [2.05, 4.69) is 22.0 Å². The average Bonchev–Trinajstić information content (AvgIpc) is 2.69. The Hall–Kier alpha value is -2.46. The third-order valence-corrected chi connectivity index (χ3v) is 5.65. The lowest BCUT2D eigenvalue weighted by molar-refractivity contribution is 0.165. The Morgan fingerprint density at radius 2 is 1.81 bits per heavy atom. The molecule has 0 bridgehead atoms. The smallest absolute Gasteiger partial charge is 0.149 e. The zero-order valence-electron chi connectivity index (χ0n) is 15.0. The Morgan fingerprint density at radius 1 is 1.08 bits per heavy atom. The fraction of sp³-hybridized carbons (Fsp3) is 0.318. The first-order chi connectivity index (χ1) is 12.6. The third kappa shape index (κ3) is 2.84. The molecule has 4 rings (SSSR count). The van der Waals surface area contributed by atoms with Crippen LogP contribution in [0, 0.1) is 12.7 Å². The van der Waals surface area contributed by atoms with Gasteiger partial charge in [0, 0.05) is 35.3 Å². The quantitative estimate of drug-likeness (QED) is 0.769. The molecular formula is C22H23FN2O. The van der Waals surface area contributed by atoms with Crippen LogP contribution in [-0.2, 0) is 5.41 Å². The van der Waals surface area contributed by atoms with Gasteiger partial charge in [-0.25, -0.2) is 9.37 Å². The highest BCUT2D eigenvalue weighted by molar-refractivity contribution is 5.92. The Balaban J connectivity index is 1.67. The highest BCUT2D eigenvalue weighted by Gasteiger charge is 2.36. The minimum Gasteiger partial charge on any atom is -0.395 e. The summed E-state index contributed by atoms with van der Waals surface area (Å²) in [5, 5.41) is 11.0. The van der Waals surface area contributed by atoms with Gasteiger partial charge in [-0.2, -0.15) is 0 Å². The summed E-state index contributed by atoms with van der Waals surface area (Å²) in [4.78, 5) is 6.68. The van der Waals surface area contributed by atoms with Crippen LogP contribution in [0.3, 0.4) is 0 Å². The van der Waals surface area contributed by atoms with Gasteiger partial charge in [-0.05, 0) is 37.5 Å². The summed E-state index contributed by atoms with van der Waals surface area (Å²) in [6.45, 7) is 3.70. The van der Waals surface area contributed by atoms with E-state index in [0.717, 1.165) is 42.7 Å². The molecule has 0 amide bonds. The van der Waals surface area contributed by atoms with Crippen molar-refractivity contribution in [1.29, 1.82) is 0 Å². The zero-order valence-corrected chi connectivity index (χ0v) is 15.0. The first-order valence-electron chi connectivity index (χ1n) is 9.10. The van der Waals surface area contributed by atoms with E-state index in [0.29, 0.717) is 5.52 Å². The number of aliphatic hydroxyl groups excluding tert-OH is 1. The zero-order chi connectivity index (χ0) is 18.1. The monoisotopic (exact) mass is 350 g/mol. The fourth-order valence-electron chi connectivity index (χ4n) is 4.09. The fourth-order valence-corrected chi connectivity index (χ4v) is 4.09. The molecular weight excluding hydrogens is 327 g/mol. The van der Waals surface area contributed by atoms with E-state index in [1.807, 2.05) is 37.3 Å². The molecule has 1 aliphatic rings. The van der Waals surface area contributed by atoms with Crippen LogP contribution in [0.1, 0.15) is 24.1 Å². The number of pyridine rings is 1. The second-order valence-corrected chi connectivity index (χ2v) is 7.21. The lowest BCUT2D eigenvalue weighted by Gasteiger charge is -2.42. The molecule has 1 aromatic heterocycles. The number of benzene rings is 2. The van der Waals surface area contributed by atoms with Crippen molar-refractivity contribution in [3.63, 3.8) is 0 Å². The van der Waals surface area contributed by atoms with Gasteiger partial charge in [-0.15, -0.1) is 0 Å². The van der Waals surface area contributed by atoms with Crippen molar-refractivity contribution < 1.29 is 9.50 Å². The SMILES string of the molecule is Cc1cc(N2CCC(CO)(c3ccccc3)CC2)c2cccc(F)c2n1. The summed E-state index contributed by atoms with van der Waals surface area (Å²) in [6, 6.07) is 17.4. The second kappa shape index (κ2) is 6.69. The normalized spacial score (nSPS) is 16.8. The summed E-state index contributed by atoms with van der Waals surface area (Å²) >= 11 is 0. The van der Waals surface area contributed by atoms with Crippen molar-refractivity contribution in [2.24, 2.45) is 0 Å². The number of anilines is 1. The van der Waals surface area contributed by atoms with E-state index in [1.54, 1.807) is 6.07 Å². The molecule has 26 heavy (non-hydrogen) atoms. The Bertz CT molecular complexity index is 918. The molecule has 0 spiro atoms. The van der Waals surface area contributed by atoms with Gasteiger partial charge < -0.3 is 10.0 Å². The van der Waals surface area contributed by atoms with Gasteiger partial charge in [0.1, 0.15) is 11.3 Å². The van der Waals surface area contributed by atoms with Gasteiger partial charge >= 0.3 is 0 Å². The van der Waals surface area contributed by atoms with Crippen LogP contribution in [0.4, 0.5) is 10.1 Å². The van der Waals surface area contributed by atoms with Crippen LogP contribution in [0.15, 0.2) is 54.6 Å². The molecule has 2 aromatic carbocycles. The lowest BCUT2D eigenvalue weighted by atomic mass is 9.73. The van der Waals surface area contributed by atoms with Crippen molar-refractivity contribution in [3.8, 4) is 0 Å². The summed E-state index contributed by atoms with van der Waals surface area (Å²) in [5.74, 6) is -0.279. The number of aliphatic hydroxyl groups is 1. The highest BCUT2D eigenvalue weighted by atomic mass is 19.1. The highest BCUT2D eigenvalue weighted by Crippen LogP contribution is 2.38. The number of fused-ring (bicyclic) bond motifs is 1. The van der Waals surface area contributed by atoms with Crippen molar-refractivity contribution in [2.75, 3.05) is 24.6 Å². The number of rotatable bonds is 3. The van der Waals surface area contributed by atoms with E-state index < -0.39 is 0 Å². The number of nitrogens with zero attached hydrogens (tertiary/aromatic N) is 2. The second-order valence-electron chi connectivity index (χ2n) is 7.21. The van der Waals surface area contributed by atoms with Gasteiger partial charge in [-0.3, -0.25) is 0 Å². The van der Waals surface area contributed by atoms with Crippen LogP contribution in [0.5, 0.6) is 0 Å². The van der Waals surface area contributed by atoms with Gasteiger partial charge in [0.05, 0.1) is 6.61 Å². The van der Waals surface area contributed by atoms with Crippen LogP contribution in [-0.4, -0.2) is 29.8 Å². The predicted octanol–water partition coefficient (Wildman–Crippen LogP) is 4.21. The maximum atomic E-state index is 14.2. The van der Waals surface area contributed by atoms with E-state index in [-0.39, 0.29) is 17.8 Å². The molecule has 0 unspecified atom stereocenters. The number of piperidine rings is 1. The molecule has 1 N–H and O–H groups in total. The van der Waals surface area contributed by atoms with Crippen molar-refractivity contribution in [3.05, 3.63) is 71.7 Å². The summed E-state index contributed by atoms with van der Waals surface area (Å²) in [7, 11) is 0. The number of hydrogen-bond donors (Lipinski definition) is 1. The molecule has 134 valence electrons. The number of aryl methyl sites for hydroxylation is 1. The maximum Gasteiger partial charge on any atom is 0.149 e. The summed E-state index contributed by atoms with van der Waals surface area (Å²) < 4.78 is 14.2. The van der Waals surface area contributed by atoms with Crippen LogP contribution in [0.25, 0.3) is 10.9 Å². The van der Waals surface area contributed by atoms with Crippen molar-refractivity contribution in [2.45, 2.75) is 25.2 Å². The Kier molecular flexibility index (Phi) is 4.37. The van der Waals surface area contributed by atoms with Gasteiger partial charge in [0.15, 0.2) is 0 Å². The summed E-state index contributed by atoms with van der Waals surface area (Å²) in [5.41, 5.74) is 3.29. The van der Waals surface area contributed by atoms with E-state index >= 15 is 0 Å². The van der Waals surface area contributed by atoms with Crippen molar-refractivity contribution >= 4 is 16.6 Å². The molecule has 0 atom stereocenters. The van der Waals surface area contributed by atoms with Gasteiger partial charge in [0.25, 0.3) is 0 Å². The summed E-state index contributed by atoms with van der Waals surface area (Å²) in [6.07, 6.45) is 1.73. The van der Waals surface area contributed by atoms with E-state index in [1.165, 1.54) is 11.6 Å². The maximum absolute atomic E-state index is 14.2. The third-order valence-electron chi connectivity index (χ3n) is 5.65. The van der Waals surface area contributed by atoms with E-state index in [4.69, 9.17) is 0 Å². The molecule has 3 nitrogen and oxygen atoms in total. The minimum absolute atomic E-state index is 0.148. The molecule has 3 aromatic rings. The number of aromatic nitrogens is 1. The molecule has 1 fully saturated rings. The van der Waals surface area contributed by atoms with Crippen LogP contribution < -0.4 is 4.90 Å². The number of halogens is 1. The first kappa shape index (κ1) is 17.0. The molecule has 4 heteroatoms. The van der Waals surface area contributed by atoms with Gasteiger partial charge in [0.2, 0.25) is 0 Å². The Labute approximate surface area is 153 Å². The minimum atomic E-state index is -0.279. The molecule has 0 radical (unpaired) electrons. The first-order valence-corrected chi connectivity index (χ1v) is 9.10. The average molecular weight is 350 g/mol. The van der Waals surface area contributed by atoms with Crippen molar-refractivity contribution in [1.82, 2.24) is 4.98 Å². The van der Waals surface area contributed by atoms with Crippen LogP contribution >= 0.6 is 0 Å². The largest absolute Gasteiger partial charge is 0.395 e. The van der Waals surface area contributed by atoms with E-state index in [9.17, 15) is 9.50 Å². The Morgan fingerprint density at radius 3 is 2.50 bits per heavy atom. The predicted molar refractivity (Wildman–Crippen MR) is 103 cm³/mol. The molecule has 1 saturated heterocycles. The molecule has 0 aliphatic carbocycles. The topological polar surface area (TPSA) is 36.4 Å². The van der Waals surface area contributed by atoms with Gasteiger partial charge in [-0.1, -0.05) is 42.5 Å².